The minimum absolute atomic E-state index is 0.213. The van der Waals surface area contributed by atoms with Gasteiger partial charge >= 0.3 is 0 Å². The number of nitrogens with two attached hydrogens (primary N) is 1. The maximum absolute atomic E-state index is 6.31. The highest BCUT2D eigenvalue weighted by molar-refractivity contribution is 7.16. The van der Waals surface area contributed by atoms with E-state index in [9.17, 15) is 0 Å². The van der Waals surface area contributed by atoms with Crippen LogP contribution >= 0.6 is 11.3 Å². The Morgan fingerprint density at radius 2 is 2.28 bits per heavy atom. The fraction of sp³-hybridized carbons (Fsp3) is 0.727. The molecule has 18 heavy (non-hydrogen) atoms. The van der Waals surface area contributed by atoms with E-state index in [2.05, 4.69) is 15.3 Å². The van der Waals surface area contributed by atoms with Crippen molar-refractivity contribution in [3.8, 4) is 0 Å². The van der Waals surface area contributed by atoms with Gasteiger partial charge in [-0.2, -0.15) is 9.61 Å². The molecule has 0 aromatic carbocycles. The Morgan fingerprint density at radius 1 is 1.39 bits per heavy atom. The van der Waals surface area contributed by atoms with E-state index in [0.717, 1.165) is 48.3 Å². The summed E-state index contributed by atoms with van der Waals surface area (Å²) in [5.74, 6) is 1.25. The second kappa shape index (κ2) is 3.72. The first kappa shape index (κ1) is 10.8. The lowest BCUT2D eigenvalue weighted by atomic mass is 9.78. The SMILES string of the molecule is NC1(c2nn3c(C4CCOC4)nnc3s2)CCC1. The van der Waals surface area contributed by atoms with Crippen LogP contribution in [0.1, 0.15) is 42.4 Å². The third kappa shape index (κ3) is 1.44. The molecule has 1 atom stereocenters. The van der Waals surface area contributed by atoms with Gasteiger partial charge in [0.2, 0.25) is 4.96 Å². The van der Waals surface area contributed by atoms with Crippen LogP contribution in [0.3, 0.4) is 0 Å². The van der Waals surface area contributed by atoms with Crippen molar-refractivity contribution in [2.24, 2.45) is 5.73 Å². The largest absolute Gasteiger partial charge is 0.381 e. The molecule has 0 spiro atoms. The van der Waals surface area contributed by atoms with Gasteiger partial charge in [0.1, 0.15) is 5.01 Å². The van der Waals surface area contributed by atoms with Crippen molar-refractivity contribution in [2.75, 3.05) is 13.2 Å². The summed E-state index contributed by atoms with van der Waals surface area (Å²) in [5.41, 5.74) is 6.10. The fourth-order valence-corrected chi connectivity index (χ4v) is 3.60. The van der Waals surface area contributed by atoms with E-state index in [4.69, 9.17) is 10.5 Å². The van der Waals surface area contributed by atoms with Crippen molar-refractivity contribution in [3.05, 3.63) is 10.8 Å². The van der Waals surface area contributed by atoms with Crippen molar-refractivity contribution in [1.29, 1.82) is 0 Å². The van der Waals surface area contributed by atoms with E-state index in [1.165, 1.54) is 6.42 Å². The summed E-state index contributed by atoms with van der Waals surface area (Å²) in [5, 5.41) is 14.1. The quantitative estimate of drug-likeness (QED) is 0.877. The summed E-state index contributed by atoms with van der Waals surface area (Å²) in [4.78, 5) is 0.851. The summed E-state index contributed by atoms with van der Waals surface area (Å²) in [6, 6.07) is 0. The monoisotopic (exact) mass is 265 g/mol. The van der Waals surface area contributed by atoms with Gasteiger partial charge in [0.15, 0.2) is 5.82 Å². The smallest absolute Gasteiger partial charge is 0.234 e. The summed E-state index contributed by atoms with van der Waals surface area (Å²) < 4.78 is 7.27. The lowest BCUT2D eigenvalue weighted by Gasteiger charge is -2.35. The maximum atomic E-state index is 6.31. The highest BCUT2D eigenvalue weighted by Gasteiger charge is 2.38. The van der Waals surface area contributed by atoms with Gasteiger partial charge in [-0.15, -0.1) is 10.2 Å². The van der Waals surface area contributed by atoms with Crippen molar-refractivity contribution in [1.82, 2.24) is 19.8 Å². The molecule has 1 unspecified atom stereocenters. The zero-order valence-corrected chi connectivity index (χ0v) is 10.8. The molecule has 1 saturated carbocycles. The molecule has 1 saturated heterocycles. The fourth-order valence-electron chi connectivity index (χ4n) is 2.60. The molecule has 2 fully saturated rings. The number of fused-ring (bicyclic) bond motifs is 1. The summed E-state index contributed by atoms with van der Waals surface area (Å²) >= 11 is 1.57. The molecule has 1 aliphatic heterocycles. The van der Waals surface area contributed by atoms with Crippen LogP contribution in [0.15, 0.2) is 0 Å². The normalized spacial score (nSPS) is 26.6. The molecule has 6 nitrogen and oxygen atoms in total. The van der Waals surface area contributed by atoms with Gasteiger partial charge in [0, 0.05) is 12.5 Å². The number of aromatic nitrogens is 4. The maximum Gasteiger partial charge on any atom is 0.234 e. The number of nitrogens with zero attached hydrogens (tertiary/aromatic N) is 4. The van der Waals surface area contributed by atoms with Gasteiger partial charge in [-0.1, -0.05) is 11.3 Å². The van der Waals surface area contributed by atoms with E-state index in [-0.39, 0.29) is 5.54 Å². The van der Waals surface area contributed by atoms with E-state index in [0.29, 0.717) is 5.92 Å². The molecule has 2 aliphatic rings. The first-order valence-electron chi connectivity index (χ1n) is 6.35. The molecule has 0 bridgehead atoms. The second-order valence-electron chi connectivity index (χ2n) is 5.23. The molecule has 96 valence electrons. The van der Waals surface area contributed by atoms with Gasteiger partial charge in [-0.3, -0.25) is 0 Å². The molecule has 4 rings (SSSR count). The predicted molar refractivity (Wildman–Crippen MR) is 66.6 cm³/mol. The Labute approximate surface area is 108 Å². The van der Waals surface area contributed by atoms with Crippen molar-refractivity contribution >= 4 is 16.3 Å². The number of rotatable bonds is 2. The number of hydrogen-bond donors (Lipinski definition) is 1. The van der Waals surface area contributed by atoms with Crippen LogP contribution in [-0.4, -0.2) is 33.0 Å². The third-order valence-electron chi connectivity index (χ3n) is 3.98. The molecule has 2 aromatic heterocycles. The lowest BCUT2D eigenvalue weighted by molar-refractivity contribution is 0.193. The molecule has 1 aliphatic carbocycles. The summed E-state index contributed by atoms with van der Waals surface area (Å²) in [7, 11) is 0. The minimum Gasteiger partial charge on any atom is -0.381 e. The Kier molecular flexibility index (Phi) is 2.24. The van der Waals surface area contributed by atoms with Crippen LogP contribution < -0.4 is 5.73 Å². The Bertz CT molecular complexity index is 581. The van der Waals surface area contributed by atoms with E-state index < -0.39 is 0 Å². The van der Waals surface area contributed by atoms with Crippen molar-refractivity contribution < 1.29 is 4.74 Å². The predicted octanol–water partition coefficient (Wildman–Crippen LogP) is 1.03. The summed E-state index contributed by atoms with van der Waals surface area (Å²) in [6.45, 7) is 1.53. The first-order valence-corrected chi connectivity index (χ1v) is 7.17. The topological polar surface area (TPSA) is 78.3 Å². The van der Waals surface area contributed by atoms with Gasteiger partial charge in [-0.25, -0.2) is 0 Å². The highest BCUT2D eigenvalue weighted by atomic mass is 32.1. The summed E-state index contributed by atoms with van der Waals surface area (Å²) in [6.07, 6.45) is 4.25. The van der Waals surface area contributed by atoms with Crippen LogP contribution in [0.25, 0.3) is 4.96 Å². The number of ether oxygens (including phenoxy) is 1. The molecule has 7 heteroatoms. The van der Waals surface area contributed by atoms with Crippen molar-refractivity contribution in [3.63, 3.8) is 0 Å². The first-order chi connectivity index (χ1) is 8.76. The molecule has 2 N–H and O–H groups in total. The molecule has 0 amide bonds. The van der Waals surface area contributed by atoms with Gasteiger partial charge in [0.25, 0.3) is 0 Å². The van der Waals surface area contributed by atoms with Crippen LogP contribution in [0, 0.1) is 0 Å². The molecule has 2 aromatic rings. The van der Waals surface area contributed by atoms with E-state index in [1.807, 2.05) is 4.52 Å². The number of hydrogen-bond acceptors (Lipinski definition) is 6. The second-order valence-corrected chi connectivity index (χ2v) is 6.19. The molecular formula is C11H15N5OS. The molecular weight excluding hydrogens is 250 g/mol. The highest BCUT2D eigenvalue weighted by Crippen LogP contribution is 2.40. The van der Waals surface area contributed by atoms with Crippen LogP contribution in [-0.2, 0) is 10.3 Å². The zero-order chi connectivity index (χ0) is 12.2. The van der Waals surface area contributed by atoms with E-state index >= 15 is 0 Å². The average Bonchev–Trinajstić information content (AvgIpc) is 3.00. The van der Waals surface area contributed by atoms with Crippen LogP contribution in [0.2, 0.25) is 0 Å². The van der Waals surface area contributed by atoms with Gasteiger partial charge in [0.05, 0.1) is 12.1 Å². The molecule has 0 radical (unpaired) electrons. The lowest BCUT2D eigenvalue weighted by Crippen LogP contribution is -2.43. The minimum atomic E-state index is -0.213. The average molecular weight is 265 g/mol. The third-order valence-corrected chi connectivity index (χ3v) is 5.10. The van der Waals surface area contributed by atoms with Gasteiger partial charge in [-0.05, 0) is 25.7 Å². The van der Waals surface area contributed by atoms with Crippen molar-refractivity contribution in [2.45, 2.75) is 37.1 Å². The zero-order valence-electron chi connectivity index (χ0n) is 10.0. The van der Waals surface area contributed by atoms with Crippen LogP contribution in [0.4, 0.5) is 0 Å². The van der Waals surface area contributed by atoms with Crippen LogP contribution in [0.5, 0.6) is 0 Å². The van der Waals surface area contributed by atoms with E-state index in [1.54, 1.807) is 11.3 Å². The standard InChI is InChI=1S/C11H15N5OS/c12-11(3-1-4-11)9-15-16-8(7-2-5-17-6-7)13-14-10(16)18-9/h7H,1-6,12H2. The molecule has 3 heterocycles. The Morgan fingerprint density at radius 3 is 2.94 bits per heavy atom. The Hall–Kier alpha value is -1.05. The van der Waals surface area contributed by atoms with Gasteiger partial charge < -0.3 is 10.5 Å². The Balaban J connectivity index is 1.76.